The van der Waals surface area contributed by atoms with Gasteiger partial charge in [0, 0.05) is 21.7 Å². The topological polar surface area (TPSA) is 97.0 Å². The number of H-pyrrole nitrogens is 1. The molecule has 4 rings (SSSR count). The summed E-state index contributed by atoms with van der Waals surface area (Å²) >= 11 is 5.90. The van der Waals surface area contributed by atoms with Crippen LogP contribution >= 0.6 is 11.6 Å². The minimum atomic E-state index is -0.384. The van der Waals surface area contributed by atoms with E-state index < -0.39 is 0 Å². The van der Waals surface area contributed by atoms with Gasteiger partial charge in [-0.2, -0.15) is 5.10 Å². The molecular weight excluding hydrogens is 428 g/mol. The molecule has 2 N–H and O–H groups in total. The molecule has 0 fully saturated rings. The number of nitrogens with zero attached hydrogens (tertiary/aromatic N) is 2. The Bertz CT molecular complexity index is 1250. The molecule has 0 aliphatic heterocycles. The first-order valence-electron chi connectivity index (χ1n) is 9.78. The quantitative estimate of drug-likeness (QED) is 0.413. The van der Waals surface area contributed by atoms with E-state index in [1.807, 2.05) is 24.3 Å². The number of aromatic amines is 1. The molecule has 1 aromatic heterocycles. The van der Waals surface area contributed by atoms with Crippen molar-refractivity contribution in [3.05, 3.63) is 100 Å². The molecule has 3 aromatic carbocycles. The van der Waals surface area contributed by atoms with Gasteiger partial charge in [-0.1, -0.05) is 29.8 Å². The summed E-state index contributed by atoms with van der Waals surface area (Å²) in [5.41, 5.74) is 1.86. The van der Waals surface area contributed by atoms with Gasteiger partial charge in [0.05, 0.1) is 19.2 Å². The van der Waals surface area contributed by atoms with E-state index in [2.05, 4.69) is 20.5 Å². The van der Waals surface area contributed by atoms with Crippen LogP contribution in [0.2, 0.25) is 5.02 Å². The average Bonchev–Trinajstić information content (AvgIpc) is 3.32. The molecule has 0 saturated heterocycles. The minimum absolute atomic E-state index is 0.130. The van der Waals surface area contributed by atoms with Gasteiger partial charge in [-0.25, -0.2) is 4.98 Å². The molecule has 8 heteroatoms. The molecule has 1 heterocycles. The molecule has 1 amide bonds. The van der Waals surface area contributed by atoms with Crippen molar-refractivity contribution in [2.75, 3.05) is 7.11 Å². The Kier molecular flexibility index (Phi) is 6.28. The number of carbonyl (C=O) groups excluding carboxylic acids is 2. The first-order chi connectivity index (χ1) is 15.5. The van der Waals surface area contributed by atoms with Crippen molar-refractivity contribution in [2.45, 2.75) is 6.54 Å². The first kappa shape index (κ1) is 21.3. The van der Waals surface area contributed by atoms with Gasteiger partial charge in [-0.05, 0) is 54.6 Å². The van der Waals surface area contributed by atoms with E-state index in [4.69, 9.17) is 16.3 Å². The molecule has 0 radical (unpaired) electrons. The minimum Gasteiger partial charge on any atom is -0.497 e. The molecule has 160 valence electrons. The fourth-order valence-electron chi connectivity index (χ4n) is 3.14. The number of ketones is 1. The number of halogens is 1. The smallest absolute Gasteiger partial charge is 0.252 e. The van der Waals surface area contributed by atoms with Gasteiger partial charge in [0.2, 0.25) is 0 Å². The summed E-state index contributed by atoms with van der Waals surface area (Å²) in [6, 6.07) is 20.6. The van der Waals surface area contributed by atoms with Gasteiger partial charge in [0.1, 0.15) is 11.6 Å². The van der Waals surface area contributed by atoms with Gasteiger partial charge in [-0.15, -0.1) is 0 Å². The van der Waals surface area contributed by atoms with Crippen LogP contribution in [0.1, 0.15) is 32.1 Å². The number of aromatic nitrogens is 3. The second-order valence-electron chi connectivity index (χ2n) is 6.90. The van der Waals surface area contributed by atoms with Crippen molar-refractivity contribution < 1.29 is 14.3 Å². The molecule has 32 heavy (non-hydrogen) atoms. The summed E-state index contributed by atoms with van der Waals surface area (Å²) in [5, 5.41) is 10.3. The Labute approximate surface area is 189 Å². The molecule has 0 spiro atoms. The van der Waals surface area contributed by atoms with Crippen LogP contribution in [0.15, 0.2) is 72.8 Å². The van der Waals surface area contributed by atoms with Gasteiger partial charge in [0.25, 0.3) is 5.91 Å². The number of nitrogens with one attached hydrogen (secondary N) is 2. The largest absolute Gasteiger partial charge is 0.497 e. The van der Waals surface area contributed by atoms with Gasteiger partial charge in [0.15, 0.2) is 11.6 Å². The van der Waals surface area contributed by atoms with Crippen molar-refractivity contribution >= 4 is 23.3 Å². The Hall–Kier alpha value is -3.97. The number of hydrogen-bond acceptors (Lipinski definition) is 5. The number of hydrogen-bond donors (Lipinski definition) is 2. The number of ether oxygens (including phenoxy) is 1. The highest BCUT2D eigenvalue weighted by Crippen LogP contribution is 2.19. The fourth-order valence-corrected chi connectivity index (χ4v) is 3.26. The molecule has 0 aliphatic rings. The monoisotopic (exact) mass is 446 g/mol. The Morgan fingerprint density at radius 2 is 1.66 bits per heavy atom. The Morgan fingerprint density at radius 1 is 0.969 bits per heavy atom. The highest BCUT2D eigenvalue weighted by atomic mass is 35.5. The number of rotatable bonds is 7. The SMILES string of the molecule is COc1ccc(-c2n[nH]c(CNC(=O)c3ccccc3C(=O)c3ccc(Cl)cc3)n2)cc1. The summed E-state index contributed by atoms with van der Waals surface area (Å²) in [6.45, 7) is 0.130. The van der Waals surface area contributed by atoms with E-state index in [9.17, 15) is 9.59 Å². The van der Waals surface area contributed by atoms with Crippen LogP contribution in [0.3, 0.4) is 0 Å². The van der Waals surface area contributed by atoms with E-state index >= 15 is 0 Å². The fraction of sp³-hybridized carbons (Fsp3) is 0.0833. The van der Waals surface area contributed by atoms with E-state index in [0.717, 1.165) is 11.3 Å². The van der Waals surface area contributed by atoms with E-state index in [0.29, 0.717) is 27.8 Å². The maximum Gasteiger partial charge on any atom is 0.252 e. The number of amides is 1. The van der Waals surface area contributed by atoms with Crippen molar-refractivity contribution in [1.29, 1.82) is 0 Å². The maximum absolute atomic E-state index is 12.9. The Morgan fingerprint density at radius 3 is 2.34 bits per heavy atom. The normalized spacial score (nSPS) is 10.6. The third-order valence-electron chi connectivity index (χ3n) is 4.82. The second-order valence-corrected chi connectivity index (χ2v) is 7.33. The second kappa shape index (κ2) is 9.45. The lowest BCUT2D eigenvalue weighted by Gasteiger charge is -2.09. The molecular formula is C24H19ClN4O3. The van der Waals surface area contributed by atoms with E-state index in [-0.39, 0.29) is 23.8 Å². The van der Waals surface area contributed by atoms with Crippen LogP contribution in [0.25, 0.3) is 11.4 Å². The van der Waals surface area contributed by atoms with Crippen LogP contribution in [-0.4, -0.2) is 34.0 Å². The summed E-state index contributed by atoms with van der Waals surface area (Å²) in [4.78, 5) is 30.1. The van der Waals surface area contributed by atoms with Gasteiger partial charge < -0.3 is 10.1 Å². The highest BCUT2D eigenvalue weighted by Gasteiger charge is 2.18. The summed E-state index contributed by atoms with van der Waals surface area (Å²) in [5.74, 6) is 1.10. The van der Waals surface area contributed by atoms with Crippen molar-refractivity contribution in [3.8, 4) is 17.1 Å². The average molecular weight is 447 g/mol. The Balaban J connectivity index is 1.46. The summed E-state index contributed by atoms with van der Waals surface area (Å²) in [7, 11) is 1.60. The lowest BCUT2D eigenvalue weighted by atomic mass is 9.98. The third-order valence-corrected chi connectivity index (χ3v) is 5.07. The molecule has 0 atom stereocenters. The zero-order valence-corrected chi connectivity index (χ0v) is 17.9. The third kappa shape index (κ3) is 4.68. The first-order valence-corrected chi connectivity index (χ1v) is 10.2. The molecule has 4 aromatic rings. The van der Waals surface area contributed by atoms with Gasteiger partial charge >= 0.3 is 0 Å². The van der Waals surface area contributed by atoms with E-state index in [1.54, 1.807) is 55.6 Å². The number of methoxy groups -OCH3 is 1. The van der Waals surface area contributed by atoms with Crippen LogP contribution < -0.4 is 10.1 Å². The number of carbonyl (C=O) groups is 2. The van der Waals surface area contributed by atoms with Crippen LogP contribution in [0.5, 0.6) is 5.75 Å². The zero-order valence-electron chi connectivity index (χ0n) is 17.1. The molecule has 0 saturated carbocycles. The summed E-state index contributed by atoms with van der Waals surface area (Å²) < 4.78 is 5.15. The van der Waals surface area contributed by atoms with Crippen LogP contribution in [0.4, 0.5) is 0 Å². The zero-order chi connectivity index (χ0) is 22.5. The van der Waals surface area contributed by atoms with Crippen LogP contribution in [0, 0.1) is 0 Å². The predicted molar refractivity (Wildman–Crippen MR) is 121 cm³/mol. The van der Waals surface area contributed by atoms with Crippen molar-refractivity contribution in [1.82, 2.24) is 20.5 Å². The predicted octanol–water partition coefficient (Wildman–Crippen LogP) is 4.29. The van der Waals surface area contributed by atoms with Gasteiger partial charge in [-0.3, -0.25) is 14.7 Å². The summed E-state index contributed by atoms with van der Waals surface area (Å²) in [6.07, 6.45) is 0. The van der Waals surface area contributed by atoms with Crippen LogP contribution in [-0.2, 0) is 6.54 Å². The standard InChI is InChI=1S/C24H19ClN4O3/c1-32-18-12-8-16(9-13-18)23-27-21(28-29-23)14-26-24(31)20-5-3-2-4-19(20)22(30)15-6-10-17(25)11-7-15/h2-13H,14H2,1H3,(H,26,31)(H,27,28,29). The maximum atomic E-state index is 12.9. The van der Waals surface area contributed by atoms with Crippen molar-refractivity contribution in [2.24, 2.45) is 0 Å². The molecule has 0 bridgehead atoms. The molecule has 0 aliphatic carbocycles. The number of benzene rings is 3. The molecule has 0 unspecified atom stereocenters. The lowest BCUT2D eigenvalue weighted by Crippen LogP contribution is -2.25. The molecule has 7 nitrogen and oxygen atoms in total. The lowest BCUT2D eigenvalue weighted by molar-refractivity contribution is 0.0939. The van der Waals surface area contributed by atoms with E-state index in [1.165, 1.54) is 0 Å². The highest BCUT2D eigenvalue weighted by molar-refractivity contribution is 6.30. The van der Waals surface area contributed by atoms with Crippen molar-refractivity contribution in [3.63, 3.8) is 0 Å².